The molecule has 5 heteroatoms. The highest BCUT2D eigenvalue weighted by Crippen LogP contribution is 2.41. The number of aromatic nitrogens is 3. The summed E-state index contributed by atoms with van der Waals surface area (Å²) in [6.07, 6.45) is 2.56. The topological polar surface area (TPSA) is 42.2 Å². The molecule has 0 amide bonds. The molecule has 3 heterocycles. The van der Waals surface area contributed by atoms with Gasteiger partial charge in [0, 0.05) is 19.0 Å². The molecule has 0 atom stereocenters. The Kier molecular flexibility index (Phi) is 1.99. The maximum absolute atomic E-state index is 6.26. The van der Waals surface area contributed by atoms with Crippen LogP contribution in [-0.2, 0) is 0 Å². The predicted molar refractivity (Wildman–Crippen MR) is 65.6 cm³/mol. The van der Waals surface area contributed by atoms with Crippen LogP contribution in [0.2, 0.25) is 5.15 Å². The summed E-state index contributed by atoms with van der Waals surface area (Å²) >= 11 is 6.26. The van der Waals surface area contributed by atoms with Gasteiger partial charge in [-0.25, -0.2) is 9.50 Å². The first kappa shape index (κ1) is 9.85. The maximum atomic E-state index is 6.26. The molecule has 0 radical (unpaired) electrons. The molecule has 1 aliphatic carbocycles. The minimum atomic E-state index is 0.454. The van der Waals surface area contributed by atoms with Gasteiger partial charge in [-0.15, -0.1) is 5.10 Å². The van der Waals surface area contributed by atoms with Gasteiger partial charge >= 0.3 is 0 Å². The van der Waals surface area contributed by atoms with Crippen molar-refractivity contribution >= 4 is 17.2 Å². The fourth-order valence-corrected chi connectivity index (χ4v) is 2.53. The Morgan fingerprint density at radius 1 is 1.24 bits per heavy atom. The number of hydrogen-bond donors (Lipinski definition) is 1. The van der Waals surface area contributed by atoms with Crippen molar-refractivity contribution in [3.63, 3.8) is 0 Å². The van der Waals surface area contributed by atoms with E-state index in [1.165, 1.54) is 18.4 Å². The molecule has 2 aromatic rings. The molecular formula is C12H13ClN4. The molecule has 0 bridgehead atoms. The Morgan fingerprint density at radius 2 is 2.06 bits per heavy atom. The second-order valence-electron chi connectivity index (χ2n) is 4.98. The highest BCUT2D eigenvalue weighted by atomic mass is 35.5. The van der Waals surface area contributed by atoms with Crippen molar-refractivity contribution in [2.24, 2.45) is 0 Å². The lowest BCUT2D eigenvalue weighted by molar-refractivity contribution is 0.430. The molecule has 2 fully saturated rings. The van der Waals surface area contributed by atoms with E-state index in [9.17, 15) is 0 Å². The molecule has 0 spiro atoms. The van der Waals surface area contributed by atoms with E-state index in [2.05, 4.69) is 21.5 Å². The average molecular weight is 249 g/mol. The van der Waals surface area contributed by atoms with Gasteiger partial charge in [0.1, 0.15) is 5.15 Å². The standard InChI is InChI=1S/C12H13ClN4/c13-10-3-8(7-1-2-7)4-11-15-12(16-17(10)11)9-5-14-6-9/h3-4,7,9,14H,1-2,5-6H2. The lowest BCUT2D eigenvalue weighted by Crippen LogP contribution is -2.40. The van der Waals surface area contributed by atoms with E-state index in [-0.39, 0.29) is 0 Å². The molecule has 0 aromatic carbocycles. The van der Waals surface area contributed by atoms with Gasteiger partial charge in [0.15, 0.2) is 11.5 Å². The zero-order valence-corrected chi connectivity index (χ0v) is 10.1. The van der Waals surface area contributed by atoms with E-state index in [1.807, 2.05) is 6.07 Å². The summed E-state index contributed by atoms with van der Waals surface area (Å²) < 4.78 is 1.75. The van der Waals surface area contributed by atoms with Crippen LogP contribution in [0.25, 0.3) is 5.65 Å². The van der Waals surface area contributed by atoms with Gasteiger partial charge in [-0.3, -0.25) is 0 Å². The van der Waals surface area contributed by atoms with E-state index in [0.29, 0.717) is 17.0 Å². The first-order chi connectivity index (χ1) is 8.31. The maximum Gasteiger partial charge on any atom is 0.157 e. The van der Waals surface area contributed by atoms with E-state index >= 15 is 0 Å². The van der Waals surface area contributed by atoms with Crippen LogP contribution >= 0.6 is 11.6 Å². The second-order valence-corrected chi connectivity index (χ2v) is 5.37. The molecule has 1 N–H and O–H groups in total. The van der Waals surface area contributed by atoms with E-state index < -0.39 is 0 Å². The van der Waals surface area contributed by atoms with Gasteiger partial charge in [-0.1, -0.05) is 11.6 Å². The molecule has 1 aliphatic heterocycles. The smallest absolute Gasteiger partial charge is 0.157 e. The molecular weight excluding hydrogens is 236 g/mol. The summed E-state index contributed by atoms with van der Waals surface area (Å²) in [7, 11) is 0. The second kappa shape index (κ2) is 3.43. The van der Waals surface area contributed by atoms with Crippen LogP contribution in [0.1, 0.15) is 36.1 Å². The predicted octanol–water partition coefficient (Wildman–Crippen LogP) is 1.95. The quantitative estimate of drug-likeness (QED) is 0.826. The fourth-order valence-electron chi connectivity index (χ4n) is 2.28. The van der Waals surface area contributed by atoms with Gasteiger partial charge in [0.2, 0.25) is 0 Å². The number of pyridine rings is 1. The number of nitrogens with one attached hydrogen (secondary N) is 1. The normalized spacial score (nSPS) is 20.8. The van der Waals surface area contributed by atoms with Crippen LogP contribution in [-0.4, -0.2) is 27.7 Å². The number of hydrogen-bond acceptors (Lipinski definition) is 3. The highest BCUT2D eigenvalue weighted by Gasteiger charge is 2.27. The summed E-state index contributed by atoms with van der Waals surface area (Å²) in [4.78, 5) is 4.59. The van der Waals surface area contributed by atoms with Crippen molar-refractivity contribution in [1.29, 1.82) is 0 Å². The molecule has 1 saturated heterocycles. The van der Waals surface area contributed by atoms with Crippen molar-refractivity contribution in [2.75, 3.05) is 13.1 Å². The zero-order valence-electron chi connectivity index (χ0n) is 9.36. The molecule has 4 rings (SSSR count). The van der Waals surface area contributed by atoms with Gasteiger partial charge in [-0.05, 0) is 36.5 Å². The highest BCUT2D eigenvalue weighted by molar-refractivity contribution is 6.29. The molecule has 2 aliphatic rings. The lowest BCUT2D eigenvalue weighted by Gasteiger charge is -2.23. The average Bonchev–Trinajstić information content (AvgIpc) is 2.98. The minimum Gasteiger partial charge on any atom is -0.315 e. The third-order valence-electron chi connectivity index (χ3n) is 3.63. The Balaban J connectivity index is 1.84. The number of nitrogens with zero attached hydrogens (tertiary/aromatic N) is 3. The Labute approximate surface area is 104 Å². The summed E-state index contributed by atoms with van der Waals surface area (Å²) in [6, 6.07) is 4.16. The third-order valence-corrected chi connectivity index (χ3v) is 3.90. The van der Waals surface area contributed by atoms with Crippen LogP contribution in [0.15, 0.2) is 12.1 Å². The third kappa shape index (κ3) is 1.55. The summed E-state index contributed by atoms with van der Waals surface area (Å²) in [6.45, 7) is 1.95. The van der Waals surface area contributed by atoms with Crippen molar-refractivity contribution in [1.82, 2.24) is 19.9 Å². The molecule has 4 nitrogen and oxygen atoms in total. The lowest BCUT2D eigenvalue weighted by atomic mass is 10.0. The Morgan fingerprint density at radius 3 is 2.71 bits per heavy atom. The SMILES string of the molecule is Clc1cc(C2CC2)cc2nc(C3CNC3)nn12. The Bertz CT molecular complexity index is 583. The summed E-state index contributed by atoms with van der Waals surface area (Å²) in [5.41, 5.74) is 2.20. The van der Waals surface area contributed by atoms with Crippen molar-refractivity contribution in [3.8, 4) is 0 Å². The van der Waals surface area contributed by atoms with Crippen LogP contribution in [0, 0.1) is 0 Å². The van der Waals surface area contributed by atoms with E-state index in [0.717, 1.165) is 24.6 Å². The first-order valence-corrected chi connectivity index (χ1v) is 6.46. The minimum absolute atomic E-state index is 0.454. The molecule has 0 unspecified atom stereocenters. The van der Waals surface area contributed by atoms with Crippen molar-refractivity contribution in [2.45, 2.75) is 24.7 Å². The summed E-state index contributed by atoms with van der Waals surface area (Å²) in [5.74, 6) is 2.07. The largest absolute Gasteiger partial charge is 0.315 e. The molecule has 88 valence electrons. The number of halogens is 1. The zero-order chi connectivity index (χ0) is 11.4. The van der Waals surface area contributed by atoms with Gasteiger partial charge in [-0.2, -0.15) is 0 Å². The van der Waals surface area contributed by atoms with Crippen LogP contribution in [0.3, 0.4) is 0 Å². The van der Waals surface area contributed by atoms with Crippen molar-refractivity contribution < 1.29 is 0 Å². The van der Waals surface area contributed by atoms with E-state index in [4.69, 9.17) is 11.6 Å². The molecule has 1 saturated carbocycles. The van der Waals surface area contributed by atoms with Crippen molar-refractivity contribution in [3.05, 3.63) is 28.7 Å². The monoisotopic (exact) mass is 248 g/mol. The van der Waals surface area contributed by atoms with Gasteiger partial charge in [0.25, 0.3) is 0 Å². The Hall–Kier alpha value is -1.13. The number of fused-ring (bicyclic) bond motifs is 1. The van der Waals surface area contributed by atoms with E-state index in [1.54, 1.807) is 4.52 Å². The van der Waals surface area contributed by atoms with Gasteiger partial charge < -0.3 is 5.32 Å². The number of rotatable bonds is 2. The molecule has 17 heavy (non-hydrogen) atoms. The molecule has 2 aromatic heterocycles. The van der Waals surface area contributed by atoms with Crippen LogP contribution in [0.5, 0.6) is 0 Å². The first-order valence-electron chi connectivity index (χ1n) is 6.08. The fraction of sp³-hybridized carbons (Fsp3) is 0.500. The van der Waals surface area contributed by atoms with Crippen LogP contribution < -0.4 is 5.32 Å². The van der Waals surface area contributed by atoms with Crippen LogP contribution in [0.4, 0.5) is 0 Å². The summed E-state index contributed by atoms with van der Waals surface area (Å²) in [5, 5.41) is 8.40. The van der Waals surface area contributed by atoms with Gasteiger partial charge in [0.05, 0.1) is 0 Å².